The Morgan fingerprint density at radius 3 is 2.59 bits per heavy atom. The summed E-state index contributed by atoms with van der Waals surface area (Å²) in [6.07, 6.45) is 9.37. The molecule has 8 aliphatic rings. The smallest absolute Gasteiger partial charge is 0.297 e. The number of piperidine rings is 1. The largest absolute Gasteiger partial charge is 0.489 e. The average molecular weight is 1030 g/mol. The van der Waals surface area contributed by atoms with Gasteiger partial charge in [-0.2, -0.15) is 4.98 Å². The number of carbonyl (C=O) groups excluding carboxylic acids is 1. The van der Waals surface area contributed by atoms with Gasteiger partial charge in [-0.05, 0) is 98.2 Å². The second-order valence-corrected chi connectivity index (χ2v) is 24.4. The molecular weight excluding hydrogens is 963 g/mol. The van der Waals surface area contributed by atoms with E-state index in [1.807, 2.05) is 17.0 Å². The molecule has 0 radical (unpaired) electrons. The van der Waals surface area contributed by atoms with Crippen LogP contribution in [0.2, 0.25) is 0 Å². The lowest BCUT2D eigenvalue weighted by atomic mass is 9.59. The number of primary amides is 1. The van der Waals surface area contributed by atoms with Gasteiger partial charge in [0.15, 0.2) is 11.4 Å². The fourth-order valence-corrected chi connectivity index (χ4v) is 15.8. The molecular formula is C55H65N9O9S. The molecule has 2 aromatic heterocycles. The number of fused-ring (bicyclic) bond motifs is 6. The molecule has 5 aromatic rings. The fourth-order valence-electron chi connectivity index (χ4n) is 14.0. The summed E-state index contributed by atoms with van der Waals surface area (Å²) in [5.74, 6) is -0.299. The van der Waals surface area contributed by atoms with Crippen molar-refractivity contribution in [2.45, 2.75) is 117 Å². The van der Waals surface area contributed by atoms with E-state index in [9.17, 15) is 14.9 Å². The summed E-state index contributed by atoms with van der Waals surface area (Å²) in [6.45, 7) is 9.98. The number of carbonyl (C=O) groups is 1. The number of rotatable bonds is 11. The number of nitro benzene ring substituents is 1. The van der Waals surface area contributed by atoms with E-state index in [0.29, 0.717) is 80.9 Å². The lowest BCUT2D eigenvalue weighted by Crippen LogP contribution is -2.55. The van der Waals surface area contributed by atoms with Crippen LogP contribution >= 0.6 is 0 Å². The second-order valence-electron chi connectivity index (χ2n) is 22.5. The number of aromatic nitrogens is 2. The summed E-state index contributed by atoms with van der Waals surface area (Å²) in [4.78, 5) is 43.1. The Kier molecular flexibility index (Phi) is 11.9. The number of nitrogens with two attached hydrogens (primary N) is 1. The van der Waals surface area contributed by atoms with Crippen LogP contribution in [0.15, 0.2) is 76.7 Å². The van der Waals surface area contributed by atoms with E-state index in [1.165, 1.54) is 23.6 Å². The van der Waals surface area contributed by atoms with Crippen LogP contribution in [-0.2, 0) is 19.3 Å². The monoisotopic (exact) mass is 1030 g/mol. The number of sulfone groups is 1. The van der Waals surface area contributed by atoms with Gasteiger partial charge in [0.05, 0.1) is 58.7 Å². The number of nitrogens with zero attached hydrogens (tertiary/aromatic N) is 6. The molecule has 1 aliphatic carbocycles. The van der Waals surface area contributed by atoms with E-state index >= 15 is 8.42 Å². The van der Waals surface area contributed by atoms with Gasteiger partial charge in [-0.1, -0.05) is 38.1 Å². The molecule has 390 valence electrons. The van der Waals surface area contributed by atoms with E-state index in [0.717, 1.165) is 63.1 Å². The Labute approximate surface area is 430 Å². The summed E-state index contributed by atoms with van der Waals surface area (Å²) in [5.41, 5.74) is 10.5. The molecule has 1 spiro atoms. The van der Waals surface area contributed by atoms with Gasteiger partial charge in [-0.15, -0.1) is 0 Å². The number of morpholine rings is 1. The lowest BCUT2D eigenvalue weighted by molar-refractivity contribution is -0.384. The van der Waals surface area contributed by atoms with Crippen LogP contribution in [-0.4, -0.2) is 135 Å². The van der Waals surface area contributed by atoms with Gasteiger partial charge >= 0.3 is 0 Å². The van der Waals surface area contributed by atoms with Crippen molar-refractivity contribution in [2.75, 3.05) is 80.8 Å². The normalized spacial score (nSPS) is 26.7. The number of aromatic amines is 1. The minimum Gasteiger partial charge on any atom is -0.489 e. The van der Waals surface area contributed by atoms with Gasteiger partial charge in [0.1, 0.15) is 28.9 Å². The quantitative estimate of drug-likeness (QED) is 0.0855. The van der Waals surface area contributed by atoms with E-state index in [1.54, 1.807) is 18.3 Å². The van der Waals surface area contributed by atoms with Crippen LogP contribution in [0.5, 0.6) is 11.6 Å². The van der Waals surface area contributed by atoms with Crippen LogP contribution in [0, 0.1) is 21.4 Å². The summed E-state index contributed by atoms with van der Waals surface area (Å²) < 4.78 is 57.3. The molecule has 4 N–H and O–H groups in total. The highest BCUT2D eigenvalue weighted by molar-refractivity contribution is 7.91. The molecule has 2 bridgehead atoms. The standard InChI is InChI=1S/C55H65N9O9S/c1-32(2)40-6-3-4-7-41(40)43-8-5-16-62(43)37-24-55(25-37)13-17-60(18-14-55)44-10-9-42(52(56)65)50(63-26-34-29-70-19-12-47(34)73-54-46(63)20-33-11-15-57-53(33)59-54)51(44)74(68,69)39-22-45(64(66)67)49-48(23-39)72-30-35(58-49)27-61-28-38-21-36(61)31-71-38/h3-4,6-7,9-11,15,20,22-23,32,34-38,43,47,58H,5,8,12-14,16-19,21,24-31H2,1-2H3,(H2,56,65)(H,57,59)/t34-,35+,36+,38+,43-,47-/m0/s1. The highest BCUT2D eigenvalue weighted by Crippen LogP contribution is 2.56. The zero-order valence-corrected chi connectivity index (χ0v) is 42.9. The van der Waals surface area contributed by atoms with Crippen molar-refractivity contribution in [3.05, 3.63) is 93.7 Å². The predicted octanol–water partition coefficient (Wildman–Crippen LogP) is 7.69. The van der Waals surface area contributed by atoms with E-state index in [2.05, 4.69) is 63.1 Å². The van der Waals surface area contributed by atoms with Gasteiger partial charge in [0.2, 0.25) is 15.7 Å². The Morgan fingerprint density at radius 2 is 1.82 bits per heavy atom. The number of anilines is 4. The Hall–Kier alpha value is -5.99. The number of hydrogen-bond donors (Lipinski definition) is 3. The second kappa shape index (κ2) is 18.4. The first kappa shape index (κ1) is 47.7. The maximum Gasteiger partial charge on any atom is 0.297 e. The molecule has 74 heavy (non-hydrogen) atoms. The van der Waals surface area contributed by atoms with E-state index < -0.39 is 26.4 Å². The van der Waals surface area contributed by atoms with Gasteiger partial charge in [-0.3, -0.25) is 24.7 Å². The number of nitrogens with one attached hydrogen (secondary N) is 2. The zero-order chi connectivity index (χ0) is 50.6. The molecule has 6 fully saturated rings. The molecule has 19 heteroatoms. The highest BCUT2D eigenvalue weighted by Gasteiger charge is 2.51. The summed E-state index contributed by atoms with van der Waals surface area (Å²) in [7, 11) is -4.77. The van der Waals surface area contributed by atoms with Crippen LogP contribution in [0.25, 0.3) is 11.0 Å². The molecule has 13 rings (SSSR count). The van der Waals surface area contributed by atoms with Crippen molar-refractivity contribution in [3.63, 3.8) is 0 Å². The molecule has 5 saturated heterocycles. The maximum atomic E-state index is 16.2. The minimum atomic E-state index is -4.77. The van der Waals surface area contributed by atoms with Crippen LogP contribution < -0.4 is 30.3 Å². The molecule has 9 heterocycles. The number of pyridine rings is 1. The van der Waals surface area contributed by atoms with Gasteiger partial charge < -0.3 is 44.8 Å². The fraction of sp³-hybridized carbons (Fsp3) is 0.527. The Bertz CT molecular complexity index is 3150. The molecule has 6 atom stereocenters. The molecule has 3 aromatic carbocycles. The van der Waals surface area contributed by atoms with Crippen molar-refractivity contribution in [2.24, 2.45) is 17.1 Å². The first-order chi connectivity index (χ1) is 35.8. The first-order valence-electron chi connectivity index (χ1n) is 26.7. The van der Waals surface area contributed by atoms with Crippen molar-refractivity contribution in [1.29, 1.82) is 0 Å². The average Bonchev–Trinajstić information content (AvgIpc) is 4.23. The van der Waals surface area contributed by atoms with Crippen LogP contribution in [0.1, 0.15) is 98.7 Å². The summed E-state index contributed by atoms with van der Waals surface area (Å²) in [6, 6.07) is 19.4. The zero-order valence-electron chi connectivity index (χ0n) is 42.0. The highest BCUT2D eigenvalue weighted by atomic mass is 32.2. The van der Waals surface area contributed by atoms with Crippen molar-refractivity contribution in [1.82, 2.24) is 19.8 Å². The Balaban J connectivity index is 0.887. The Morgan fingerprint density at radius 1 is 0.986 bits per heavy atom. The van der Waals surface area contributed by atoms with Gasteiger partial charge in [0, 0.05) is 86.9 Å². The lowest BCUT2D eigenvalue weighted by Gasteiger charge is -2.56. The number of nitro groups is 1. The molecule has 7 aliphatic heterocycles. The first-order valence-corrected chi connectivity index (χ1v) is 28.2. The van der Waals surface area contributed by atoms with Crippen molar-refractivity contribution < 1.29 is 37.1 Å². The van der Waals surface area contributed by atoms with Crippen LogP contribution in [0.3, 0.4) is 0 Å². The molecule has 1 amide bonds. The number of likely N-dealkylation sites (tertiary alicyclic amines) is 2. The number of amides is 1. The van der Waals surface area contributed by atoms with Gasteiger partial charge in [-0.25, -0.2) is 8.42 Å². The molecule has 0 unspecified atom stereocenters. The SMILES string of the molecule is CC(C)c1ccccc1[C@@H]1CCCN1C1CC2(CCN(c3ccc(C(N)=O)c(N4C[C@H]5COCC[C@@H]5Oc5nc6[nH]ccc6cc54)c3S(=O)(=O)c3cc4c(c([N+](=O)[O-])c3)N[C@H](CN3C[C@H]5C[C@@H]3CO5)CO4)CC2)C1. The van der Waals surface area contributed by atoms with Crippen molar-refractivity contribution in [3.8, 4) is 11.6 Å². The number of ether oxygens (including phenoxy) is 4. The van der Waals surface area contributed by atoms with Gasteiger partial charge in [0.25, 0.3) is 11.6 Å². The predicted molar refractivity (Wildman–Crippen MR) is 279 cm³/mol. The summed E-state index contributed by atoms with van der Waals surface area (Å²) in [5, 5.41) is 17.2. The topological polar surface area (TPSA) is 211 Å². The molecule has 18 nitrogen and oxygen atoms in total. The number of hydrogen-bond acceptors (Lipinski definition) is 15. The van der Waals surface area contributed by atoms with Crippen LogP contribution in [0.4, 0.5) is 28.4 Å². The van der Waals surface area contributed by atoms with E-state index in [-0.39, 0.29) is 87.1 Å². The third-order valence-electron chi connectivity index (χ3n) is 17.8. The summed E-state index contributed by atoms with van der Waals surface area (Å²) >= 11 is 0. The molecule has 1 saturated carbocycles. The number of benzene rings is 3. The third kappa shape index (κ3) is 8.15. The number of H-pyrrole nitrogens is 1. The minimum absolute atomic E-state index is 0.0219. The third-order valence-corrected chi connectivity index (χ3v) is 19.6. The van der Waals surface area contributed by atoms with Crippen molar-refractivity contribution >= 4 is 55.2 Å². The van der Waals surface area contributed by atoms with E-state index in [4.69, 9.17) is 29.7 Å². The maximum absolute atomic E-state index is 16.2.